The molecule has 0 aliphatic heterocycles. The van der Waals surface area contributed by atoms with E-state index in [2.05, 4.69) is 32.9 Å². The summed E-state index contributed by atoms with van der Waals surface area (Å²) >= 11 is 0. The lowest BCUT2D eigenvalue weighted by Crippen LogP contribution is -2.30. The van der Waals surface area contributed by atoms with Crippen molar-refractivity contribution >= 4 is 17.9 Å². The van der Waals surface area contributed by atoms with Gasteiger partial charge in [-0.15, -0.1) is 0 Å². The molecular weight excluding hydrogens is 865 g/mol. The van der Waals surface area contributed by atoms with Crippen LogP contribution in [0.4, 0.5) is 0 Å². The number of esters is 3. The molecule has 6 nitrogen and oxygen atoms in total. The van der Waals surface area contributed by atoms with Crippen LogP contribution in [0.25, 0.3) is 0 Å². The molecule has 0 fully saturated rings. The molecule has 6 heteroatoms. The maximum absolute atomic E-state index is 12.8. The summed E-state index contributed by atoms with van der Waals surface area (Å²) in [6.45, 7) is 6.62. The van der Waals surface area contributed by atoms with Crippen LogP contribution in [0.2, 0.25) is 0 Å². The van der Waals surface area contributed by atoms with Crippen molar-refractivity contribution in [3.05, 3.63) is 12.2 Å². The van der Waals surface area contributed by atoms with Crippen LogP contribution < -0.4 is 0 Å². The van der Waals surface area contributed by atoms with Crippen molar-refractivity contribution < 1.29 is 28.6 Å². The topological polar surface area (TPSA) is 78.9 Å². The summed E-state index contributed by atoms with van der Waals surface area (Å²) in [5, 5.41) is 0. The Hall–Kier alpha value is -1.85. The summed E-state index contributed by atoms with van der Waals surface area (Å²) in [4.78, 5) is 37.8. The first-order valence-electron chi connectivity index (χ1n) is 31.7. The van der Waals surface area contributed by atoms with Gasteiger partial charge in [0.05, 0.1) is 0 Å². The lowest BCUT2D eigenvalue weighted by Gasteiger charge is -2.18. The molecule has 0 rings (SSSR count). The summed E-state index contributed by atoms with van der Waals surface area (Å²) in [7, 11) is 0. The third-order valence-corrected chi connectivity index (χ3v) is 14.5. The zero-order valence-electron chi connectivity index (χ0n) is 47.6. The molecule has 0 heterocycles. The number of carbonyl (C=O) groups is 3. The number of unbranched alkanes of at least 4 members (excludes halogenated alkanes) is 46. The summed E-state index contributed by atoms with van der Waals surface area (Å²) in [6, 6.07) is 0. The third-order valence-electron chi connectivity index (χ3n) is 14.5. The van der Waals surface area contributed by atoms with Gasteiger partial charge >= 0.3 is 17.9 Å². The van der Waals surface area contributed by atoms with E-state index in [1.54, 1.807) is 0 Å². The highest BCUT2D eigenvalue weighted by molar-refractivity contribution is 5.71. The number of ether oxygens (including phenoxy) is 3. The van der Waals surface area contributed by atoms with Gasteiger partial charge in [0.25, 0.3) is 0 Å². The molecule has 0 saturated carbocycles. The van der Waals surface area contributed by atoms with Gasteiger partial charge in [0, 0.05) is 19.3 Å². The number of rotatable bonds is 59. The smallest absolute Gasteiger partial charge is 0.306 e. The van der Waals surface area contributed by atoms with Gasteiger partial charge in [-0.3, -0.25) is 14.4 Å². The van der Waals surface area contributed by atoms with Crippen molar-refractivity contribution in [1.82, 2.24) is 0 Å². The summed E-state index contributed by atoms with van der Waals surface area (Å²) < 4.78 is 16.8. The second-order valence-electron chi connectivity index (χ2n) is 21.7. The monoisotopic (exact) mass is 987 g/mol. The Balaban J connectivity index is 3.89. The fraction of sp³-hybridized carbons (Fsp3) is 0.922. The number of hydrogen-bond acceptors (Lipinski definition) is 6. The molecule has 0 aromatic carbocycles. The van der Waals surface area contributed by atoms with Crippen LogP contribution in [-0.2, 0) is 28.6 Å². The minimum Gasteiger partial charge on any atom is -0.462 e. The average molecular weight is 988 g/mol. The Morgan fingerprint density at radius 1 is 0.271 bits per heavy atom. The lowest BCUT2D eigenvalue weighted by molar-refractivity contribution is -0.167. The molecule has 0 N–H and O–H groups in total. The van der Waals surface area contributed by atoms with Gasteiger partial charge in [-0.1, -0.05) is 309 Å². The predicted octanol–water partition coefficient (Wildman–Crippen LogP) is 21.3. The fourth-order valence-electron chi connectivity index (χ4n) is 9.74. The van der Waals surface area contributed by atoms with Crippen molar-refractivity contribution in [3.63, 3.8) is 0 Å². The molecule has 1 atom stereocenters. The number of allylic oxidation sites excluding steroid dienone is 2. The van der Waals surface area contributed by atoms with E-state index in [-0.39, 0.29) is 31.1 Å². The quantitative estimate of drug-likeness (QED) is 0.0261. The maximum atomic E-state index is 12.8. The van der Waals surface area contributed by atoms with E-state index < -0.39 is 6.10 Å². The SMILES string of the molecule is CCCCCCCCCC/C=C\CCCCCCCCCCCCCCCCCCCCCC(=O)OCC(COC(=O)CCCCCCC)OC(=O)CCCCCCCCCCCCCCCCCC. The van der Waals surface area contributed by atoms with Crippen LogP contribution in [-0.4, -0.2) is 37.2 Å². The van der Waals surface area contributed by atoms with Gasteiger partial charge < -0.3 is 14.2 Å². The highest BCUT2D eigenvalue weighted by Gasteiger charge is 2.19. The van der Waals surface area contributed by atoms with Crippen molar-refractivity contribution in [2.24, 2.45) is 0 Å². The lowest BCUT2D eigenvalue weighted by atomic mass is 10.0. The summed E-state index contributed by atoms with van der Waals surface area (Å²) in [5.41, 5.74) is 0. The number of hydrogen-bond donors (Lipinski definition) is 0. The largest absolute Gasteiger partial charge is 0.462 e. The van der Waals surface area contributed by atoms with E-state index in [1.807, 2.05) is 0 Å². The Bertz CT molecular complexity index is 1090. The molecule has 0 aliphatic carbocycles. The molecule has 0 spiro atoms. The first-order valence-corrected chi connectivity index (χ1v) is 31.7. The van der Waals surface area contributed by atoms with Gasteiger partial charge in [0.2, 0.25) is 0 Å². The molecule has 0 saturated heterocycles. The second-order valence-corrected chi connectivity index (χ2v) is 21.7. The van der Waals surface area contributed by atoms with Crippen molar-refractivity contribution in [1.29, 1.82) is 0 Å². The third kappa shape index (κ3) is 57.1. The summed E-state index contributed by atoms with van der Waals surface area (Å²) in [5.74, 6) is -0.854. The van der Waals surface area contributed by atoms with E-state index in [0.29, 0.717) is 19.3 Å². The average Bonchev–Trinajstić information content (AvgIpc) is 3.36. The Kier molecular flexibility index (Phi) is 58.1. The molecule has 0 amide bonds. The molecule has 0 aromatic heterocycles. The van der Waals surface area contributed by atoms with E-state index in [9.17, 15) is 14.4 Å². The molecule has 1 unspecified atom stereocenters. The second kappa shape index (κ2) is 59.7. The van der Waals surface area contributed by atoms with Gasteiger partial charge in [0.15, 0.2) is 6.10 Å². The Labute approximate surface area is 437 Å². The Morgan fingerprint density at radius 2 is 0.471 bits per heavy atom. The van der Waals surface area contributed by atoms with E-state index >= 15 is 0 Å². The minimum atomic E-state index is -0.761. The molecule has 0 aromatic rings. The zero-order chi connectivity index (χ0) is 50.7. The molecule has 0 radical (unpaired) electrons. The normalized spacial score (nSPS) is 12.0. The Morgan fingerprint density at radius 3 is 0.714 bits per heavy atom. The zero-order valence-corrected chi connectivity index (χ0v) is 47.6. The van der Waals surface area contributed by atoms with Crippen LogP contribution in [0.3, 0.4) is 0 Å². The van der Waals surface area contributed by atoms with Crippen molar-refractivity contribution in [3.8, 4) is 0 Å². The van der Waals surface area contributed by atoms with E-state index in [1.165, 1.54) is 257 Å². The highest BCUT2D eigenvalue weighted by Crippen LogP contribution is 2.18. The highest BCUT2D eigenvalue weighted by atomic mass is 16.6. The van der Waals surface area contributed by atoms with Crippen LogP contribution in [0.1, 0.15) is 361 Å². The van der Waals surface area contributed by atoms with Gasteiger partial charge in [-0.25, -0.2) is 0 Å². The predicted molar refractivity (Wildman–Crippen MR) is 303 cm³/mol. The first kappa shape index (κ1) is 68.2. The molecular formula is C64H122O6. The van der Waals surface area contributed by atoms with Gasteiger partial charge in [-0.05, 0) is 44.9 Å². The van der Waals surface area contributed by atoms with E-state index in [0.717, 1.165) is 64.2 Å². The molecule has 0 bridgehead atoms. The molecule has 70 heavy (non-hydrogen) atoms. The molecule has 414 valence electrons. The van der Waals surface area contributed by atoms with E-state index in [4.69, 9.17) is 14.2 Å². The molecule has 0 aliphatic rings. The summed E-state index contributed by atoms with van der Waals surface area (Å²) in [6.07, 6.45) is 70.0. The van der Waals surface area contributed by atoms with Crippen molar-refractivity contribution in [2.75, 3.05) is 13.2 Å². The van der Waals surface area contributed by atoms with Crippen molar-refractivity contribution in [2.45, 2.75) is 367 Å². The maximum Gasteiger partial charge on any atom is 0.306 e. The van der Waals surface area contributed by atoms with Crippen LogP contribution in [0.5, 0.6) is 0 Å². The minimum absolute atomic E-state index is 0.0641. The van der Waals surface area contributed by atoms with Crippen LogP contribution in [0, 0.1) is 0 Å². The number of carbonyl (C=O) groups excluding carboxylic acids is 3. The van der Waals surface area contributed by atoms with Gasteiger partial charge in [0.1, 0.15) is 13.2 Å². The standard InChI is InChI=1S/C64H122O6/c1-4-7-10-13-15-17-19-21-23-25-26-27-28-29-30-31-32-33-34-35-36-37-38-39-41-42-44-46-48-51-54-57-63(66)69-60-61(59-68-62(65)56-53-50-12-9-6-3)70-64(67)58-55-52-49-47-45-43-40-24-22-20-18-16-14-11-8-5-2/h25-26,61H,4-24,27-60H2,1-3H3/b26-25-. The van der Waals surface area contributed by atoms with Gasteiger partial charge in [-0.2, -0.15) is 0 Å². The fourth-order valence-corrected chi connectivity index (χ4v) is 9.74. The first-order chi connectivity index (χ1) is 34.5. The van der Waals surface area contributed by atoms with Crippen LogP contribution >= 0.6 is 0 Å². The van der Waals surface area contributed by atoms with Crippen LogP contribution in [0.15, 0.2) is 12.2 Å².